The SMILES string of the molecule is CN1CCC(N2CCNCc3ccccc32)C1. The minimum Gasteiger partial charge on any atom is -0.366 e. The van der Waals surface area contributed by atoms with Gasteiger partial charge in [-0.2, -0.15) is 0 Å². The lowest BCUT2D eigenvalue weighted by Gasteiger charge is -2.31. The molecule has 0 aromatic heterocycles. The molecule has 0 radical (unpaired) electrons. The lowest BCUT2D eigenvalue weighted by atomic mass is 10.1. The van der Waals surface area contributed by atoms with Gasteiger partial charge < -0.3 is 15.1 Å². The Morgan fingerprint density at radius 1 is 1.24 bits per heavy atom. The molecule has 0 spiro atoms. The predicted molar refractivity (Wildman–Crippen MR) is 71.4 cm³/mol. The van der Waals surface area contributed by atoms with Crippen LogP contribution in [0.25, 0.3) is 0 Å². The number of rotatable bonds is 1. The molecule has 2 aliphatic heterocycles. The van der Waals surface area contributed by atoms with Gasteiger partial charge in [-0.3, -0.25) is 0 Å². The average Bonchev–Trinajstić information content (AvgIpc) is 2.66. The van der Waals surface area contributed by atoms with Crippen molar-refractivity contribution in [3.05, 3.63) is 29.8 Å². The minimum absolute atomic E-state index is 0.695. The second-order valence-electron chi connectivity index (χ2n) is 5.20. The Morgan fingerprint density at radius 2 is 2.12 bits per heavy atom. The van der Waals surface area contributed by atoms with Crippen LogP contribution >= 0.6 is 0 Å². The number of likely N-dealkylation sites (N-methyl/N-ethyl adjacent to an activating group) is 1. The fraction of sp³-hybridized carbons (Fsp3) is 0.571. The largest absolute Gasteiger partial charge is 0.366 e. The number of nitrogens with one attached hydrogen (secondary N) is 1. The highest BCUT2D eigenvalue weighted by Crippen LogP contribution is 2.27. The smallest absolute Gasteiger partial charge is 0.0429 e. The maximum Gasteiger partial charge on any atom is 0.0429 e. The van der Waals surface area contributed by atoms with Crippen LogP contribution in [-0.4, -0.2) is 44.2 Å². The summed E-state index contributed by atoms with van der Waals surface area (Å²) < 4.78 is 0. The highest BCUT2D eigenvalue weighted by atomic mass is 15.3. The summed E-state index contributed by atoms with van der Waals surface area (Å²) in [7, 11) is 2.22. The van der Waals surface area contributed by atoms with Crippen LogP contribution in [0.2, 0.25) is 0 Å². The number of fused-ring (bicyclic) bond motifs is 1. The van der Waals surface area contributed by atoms with Crippen LogP contribution in [-0.2, 0) is 6.54 Å². The second-order valence-corrected chi connectivity index (χ2v) is 5.20. The third-order valence-corrected chi connectivity index (χ3v) is 3.95. The van der Waals surface area contributed by atoms with Crippen molar-refractivity contribution in [3.8, 4) is 0 Å². The van der Waals surface area contributed by atoms with E-state index >= 15 is 0 Å². The number of anilines is 1. The fourth-order valence-electron chi connectivity index (χ4n) is 3.03. The van der Waals surface area contributed by atoms with Crippen LogP contribution in [0.3, 0.4) is 0 Å². The molecule has 92 valence electrons. The van der Waals surface area contributed by atoms with E-state index in [1.54, 1.807) is 0 Å². The van der Waals surface area contributed by atoms with E-state index in [1.165, 1.54) is 30.8 Å². The van der Waals surface area contributed by atoms with Crippen molar-refractivity contribution in [2.75, 3.05) is 38.1 Å². The molecule has 3 rings (SSSR count). The van der Waals surface area contributed by atoms with E-state index in [0.29, 0.717) is 6.04 Å². The second kappa shape index (κ2) is 4.67. The van der Waals surface area contributed by atoms with E-state index in [1.807, 2.05) is 0 Å². The predicted octanol–water partition coefficient (Wildman–Crippen LogP) is 1.30. The maximum absolute atomic E-state index is 3.51. The summed E-state index contributed by atoms with van der Waals surface area (Å²) in [5.74, 6) is 0. The van der Waals surface area contributed by atoms with Gasteiger partial charge in [0.1, 0.15) is 0 Å². The first kappa shape index (κ1) is 11.1. The van der Waals surface area contributed by atoms with Crippen LogP contribution in [0.5, 0.6) is 0 Å². The molecule has 1 aromatic rings. The molecule has 2 aliphatic rings. The molecule has 2 heterocycles. The zero-order valence-electron chi connectivity index (χ0n) is 10.5. The van der Waals surface area contributed by atoms with E-state index in [9.17, 15) is 0 Å². The lowest BCUT2D eigenvalue weighted by molar-refractivity contribution is 0.407. The molecule has 1 atom stereocenters. The highest BCUT2D eigenvalue weighted by Gasteiger charge is 2.27. The molecular weight excluding hydrogens is 210 g/mol. The number of para-hydroxylation sites is 1. The maximum atomic E-state index is 3.51. The van der Waals surface area contributed by atoms with Crippen LogP contribution < -0.4 is 10.2 Å². The Labute approximate surface area is 103 Å². The first-order valence-corrected chi connectivity index (χ1v) is 6.58. The van der Waals surface area contributed by atoms with E-state index in [-0.39, 0.29) is 0 Å². The van der Waals surface area contributed by atoms with Crippen molar-refractivity contribution < 1.29 is 0 Å². The topological polar surface area (TPSA) is 18.5 Å². The Morgan fingerprint density at radius 3 is 2.94 bits per heavy atom. The Bertz CT molecular complexity index is 391. The molecule has 0 saturated carbocycles. The summed E-state index contributed by atoms with van der Waals surface area (Å²) in [6, 6.07) is 9.53. The Hall–Kier alpha value is -1.06. The van der Waals surface area contributed by atoms with Gasteiger partial charge in [-0.15, -0.1) is 0 Å². The minimum atomic E-state index is 0.695. The molecule has 1 N–H and O–H groups in total. The Kier molecular flexibility index (Phi) is 3.04. The van der Waals surface area contributed by atoms with E-state index < -0.39 is 0 Å². The van der Waals surface area contributed by atoms with Gasteiger partial charge in [0.15, 0.2) is 0 Å². The number of nitrogens with zero attached hydrogens (tertiary/aromatic N) is 2. The summed E-state index contributed by atoms with van der Waals surface area (Å²) in [5, 5.41) is 3.51. The molecule has 3 nitrogen and oxygen atoms in total. The van der Waals surface area contributed by atoms with Gasteiger partial charge >= 0.3 is 0 Å². The molecule has 1 unspecified atom stereocenters. The van der Waals surface area contributed by atoms with Gasteiger partial charge in [0, 0.05) is 37.9 Å². The molecule has 17 heavy (non-hydrogen) atoms. The summed E-state index contributed by atoms with van der Waals surface area (Å²) in [6.07, 6.45) is 1.30. The molecule has 0 aliphatic carbocycles. The van der Waals surface area contributed by atoms with Crippen LogP contribution in [0.15, 0.2) is 24.3 Å². The fourth-order valence-corrected chi connectivity index (χ4v) is 3.03. The number of likely N-dealkylation sites (tertiary alicyclic amines) is 1. The molecule has 1 saturated heterocycles. The van der Waals surface area contributed by atoms with Crippen molar-refractivity contribution in [2.24, 2.45) is 0 Å². The van der Waals surface area contributed by atoms with Gasteiger partial charge in [0.25, 0.3) is 0 Å². The quantitative estimate of drug-likeness (QED) is 0.786. The zero-order valence-corrected chi connectivity index (χ0v) is 10.5. The third kappa shape index (κ3) is 2.17. The van der Waals surface area contributed by atoms with Crippen LogP contribution in [0.4, 0.5) is 5.69 Å². The number of hydrogen-bond donors (Lipinski definition) is 1. The monoisotopic (exact) mass is 231 g/mol. The number of hydrogen-bond acceptors (Lipinski definition) is 3. The van der Waals surface area contributed by atoms with Crippen molar-refractivity contribution in [2.45, 2.75) is 19.0 Å². The van der Waals surface area contributed by atoms with Gasteiger partial charge in [-0.05, 0) is 31.6 Å². The summed E-state index contributed by atoms with van der Waals surface area (Å²) in [5.41, 5.74) is 2.89. The van der Waals surface area contributed by atoms with Gasteiger partial charge in [0.05, 0.1) is 0 Å². The first-order valence-electron chi connectivity index (χ1n) is 6.58. The molecule has 1 aromatic carbocycles. The van der Waals surface area contributed by atoms with Crippen LogP contribution in [0, 0.1) is 0 Å². The highest BCUT2D eigenvalue weighted by molar-refractivity contribution is 5.55. The van der Waals surface area contributed by atoms with Crippen molar-refractivity contribution in [1.82, 2.24) is 10.2 Å². The van der Waals surface area contributed by atoms with Crippen molar-refractivity contribution >= 4 is 5.69 Å². The van der Waals surface area contributed by atoms with Gasteiger partial charge in [0.2, 0.25) is 0 Å². The number of benzene rings is 1. The molecule has 0 amide bonds. The van der Waals surface area contributed by atoms with Gasteiger partial charge in [-0.25, -0.2) is 0 Å². The van der Waals surface area contributed by atoms with E-state index in [2.05, 4.69) is 46.4 Å². The first-order chi connectivity index (χ1) is 8.34. The average molecular weight is 231 g/mol. The van der Waals surface area contributed by atoms with Crippen LogP contribution in [0.1, 0.15) is 12.0 Å². The van der Waals surface area contributed by atoms with Crippen molar-refractivity contribution in [3.63, 3.8) is 0 Å². The van der Waals surface area contributed by atoms with E-state index in [0.717, 1.165) is 19.6 Å². The molecule has 0 bridgehead atoms. The zero-order chi connectivity index (χ0) is 11.7. The lowest BCUT2D eigenvalue weighted by Crippen LogP contribution is -2.39. The van der Waals surface area contributed by atoms with Crippen molar-refractivity contribution in [1.29, 1.82) is 0 Å². The standard InChI is InChI=1S/C14H21N3/c1-16-8-6-13(11-16)17-9-7-15-10-12-4-2-3-5-14(12)17/h2-5,13,15H,6-11H2,1H3. The van der Waals surface area contributed by atoms with Gasteiger partial charge in [-0.1, -0.05) is 18.2 Å². The van der Waals surface area contributed by atoms with E-state index in [4.69, 9.17) is 0 Å². The summed E-state index contributed by atoms with van der Waals surface area (Å²) >= 11 is 0. The summed E-state index contributed by atoms with van der Waals surface area (Å²) in [6.45, 7) is 5.67. The summed E-state index contributed by atoms with van der Waals surface area (Å²) in [4.78, 5) is 5.05. The third-order valence-electron chi connectivity index (χ3n) is 3.95. The Balaban J connectivity index is 1.89. The normalized spacial score (nSPS) is 25.7. The molecular formula is C14H21N3. The molecule has 1 fully saturated rings. The molecule has 3 heteroatoms.